The summed E-state index contributed by atoms with van der Waals surface area (Å²) in [5, 5.41) is 11.3. The van der Waals surface area contributed by atoms with Crippen molar-refractivity contribution in [2.45, 2.75) is 39.2 Å². The molecule has 1 aliphatic heterocycles. The molecule has 174 valence electrons. The molecule has 0 spiro atoms. The molecule has 1 unspecified atom stereocenters. The summed E-state index contributed by atoms with van der Waals surface area (Å²) in [6, 6.07) is 18.3. The number of aliphatic hydroxyl groups excluding tert-OH is 1. The van der Waals surface area contributed by atoms with Gasteiger partial charge in [0.15, 0.2) is 0 Å². The molecule has 1 aliphatic rings. The molecule has 0 aliphatic carbocycles. The number of hydrogen-bond donors (Lipinski definition) is 1. The zero-order valence-electron chi connectivity index (χ0n) is 19.5. The number of benzene rings is 2. The fourth-order valence-electron chi connectivity index (χ4n) is 4.57. The predicted octanol–water partition coefficient (Wildman–Crippen LogP) is 4.32. The van der Waals surface area contributed by atoms with Crippen molar-refractivity contribution in [3.8, 4) is 0 Å². The Morgan fingerprint density at radius 1 is 0.939 bits per heavy atom. The molecule has 0 radical (unpaired) electrons. The summed E-state index contributed by atoms with van der Waals surface area (Å²) in [6.07, 6.45) is 2.01. The third-order valence-electron chi connectivity index (χ3n) is 6.27. The van der Waals surface area contributed by atoms with Crippen molar-refractivity contribution in [2.24, 2.45) is 0 Å². The maximum atomic E-state index is 10.6. The van der Waals surface area contributed by atoms with E-state index in [0.29, 0.717) is 13.0 Å². The molecule has 0 saturated carbocycles. The Balaban J connectivity index is 1.43. The molecule has 4 rings (SSSR count). The van der Waals surface area contributed by atoms with Crippen molar-refractivity contribution < 1.29 is 5.11 Å². The maximum absolute atomic E-state index is 10.6. The van der Waals surface area contributed by atoms with E-state index in [0.717, 1.165) is 61.4 Å². The fourth-order valence-corrected chi connectivity index (χ4v) is 4.70. The molecule has 6 heteroatoms. The molecule has 0 amide bonds. The Labute approximate surface area is 202 Å². The molecular weight excluding hydrogens is 432 g/mol. The Morgan fingerprint density at radius 3 is 2.30 bits per heavy atom. The van der Waals surface area contributed by atoms with Gasteiger partial charge in [-0.25, -0.2) is 9.97 Å². The van der Waals surface area contributed by atoms with E-state index >= 15 is 0 Å². The Kier molecular flexibility index (Phi) is 7.97. The average Bonchev–Trinajstić information content (AvgIpc) is 2.82. The molecule has 33 heavy (non-hydrogen) atoms. The molecule has 2 heterocycles. The van der Waals surface area contributed by atoms with Crippen LogP contribution in [0.5, 0.6) is 0 Å². The third-order valence-corrected chi connectivity index (χ3v) is 6.52. The van der Waals surface area contributed by atoms with E-state index in [1.165, 1.54) is 16.7 Å². The molecule has 1 aromatic heterocycles. The number of aryl methyl sites for hydroxylation is 2. The van der Waals surface area contributed by atoms with Gasteiger partial charge in [-0.3, -0.25) is 4.90 Å². The van der Waals surface area contributed by atoms with E-state index in [1.807, 2.05) is 37.3 Å². The standard InChI is InChI=1S/C27H33ClN4O/c1-3-26-25(18-22-9-11-23(28)12-10-22)27(30-20(2)29-26)32-15-13-31(14-16-32)19-24(33)17-21-7-5-4-6-8-21/h4-12,24,33H,3,13-19H2,1-2H3. The zero-order chi connectivity index (χ0) is 23.2. The van der Waals surface area contributed by atoms with Crippen LogP contribution in [0.15, 0.2) is 54.6 Å². The number of nitrogens with zero attached hydrogens (tertiary/aromatic N) is 4. The van der Waals surface area contributed by atoms with E-state index in [9.17, 15) is 5.11 Å². The monoisotopic (exact) mass is 464 g/mol. The van der Waals surface area contributed by atoms with Crippen molar-refractivity contribution in [3.63, 3.8) is 0 Å². The summed E-state index contributed by atoms with van der Waals surface area (Å²) >= 11 is 6.09. The van der Waals surface area contributed by atoms with Crippen LogP contribution in [-0.4, -0.2) is 58.8 Å². The Bertz CT molecular complexity index is 1030. The Morgan fingerprint density at radius 2 is 1.64 bits per heavy atom. The minimum Gasteiger partial charge on any atom is -0.391 e. The molecule has 1 saturated heterocycles. The summed E-state index contributed by atoms with van der Waals surface area (Å²) < 4.78 is 0. The number of aliphatic hydroxyl groups is 1. The second-order valence-corrected chi connectivity index (χ2v) is 9.24. The minimum absolute atomic E-state index is 0.354. The largest absolute Gasteiger partial charge is 0.391 e. The summed E-state index contributed by atoms with van der Waals surface area (Å²) in [5.74, 6) is 1.88. The summed E-state index contributed by atoms with van der Waals surface area (Å²) in [5.41, 5.74) is 4.72. The summed E-state index contributed by atoms with van der Waals surface area (Å²) in [7, 11) is 0. The van der Waals surface area contributed by atoms with E-state index in [2.05, 4.69) is 41.0 Å². The van der Waals surface area contributed by atoms with E-state index in [4.69, 9.17) is 21.6 Å². The topological polar surface area (TPSA) is 52.5 Å². The predicted molar refractivity (Wildman–Crippen MR) is 135 cm³/mol. The zero-order valence-corrected chi connectivity index (χ0v) is 20.3. The lowest BCUT2D eigenvalue weighted by molar-refractivity contribution is 0.109. The van der Waals surface area contributed by atoms with Crippen molar-refractivity contribution in [1.82, 2.24) is 14.9 Å². The Hall–Kier alpha value is -2.47. The fraction of sp³-hybridized carbons (Fsp3) is 0.407. The van der Waals surface area contributed by atoms with Gasteiger partial charge in [0, 0.05) is 55.4 Å². The molecule has 1 N–H and O–H groups in total. The minimum atomic E-state index is -0.354. The number of piperazine rings is 1. The first-order chi connectivity index (χ1) is 16.0. The van der Waals surface area contributed by atoms with E-state index in [1.54, 1.807) is 0 Å². The van der Waals surface area contributed by atoms with E-state index in [-0.39, 0.29) is 6.10 Å². The molecule has 0 bridgehead atoms. The maximum Gasteiger partial charge on any atom is 0.136 e. The van der Waals surface area contributed by atoms with Crippen molar-refractivity contribution >= 4 is 17.4 Å². The number of aromatic nitrogens is 2. The molecule has 1 atom stereocenters. The highest BCUT2D eigenvalue weighted by Crippen LogP contribution is 2.26. The highest BCUT2D eigenvalue weighted by atomic mass is 35.5. The van der Waals surface area contributed by atoms with Gasteiger partial charge < -0.3 is 10.0 Å². The summed E-state index contributed by atoms with van der Waals surface area (Å²) in [6.45, 7) is 8.45. The number of rotatable bonds is 8. The van der Waals surface area contributed by atoms with Gasteiger partial charge >= 0.3 is 0 Å². The van der Waals surface area contributed by atoms with E-state index < -0.39 is 0 Å². The molecule has 2 aromatic carbocycles. The third kappa shape index (κ3) is 6.32. The van der Waals surface area contributed by atoms with Crippen LogP contribution in [0.4, 0.5) is 5.82 Å². The van der Waals surface area contributed by atoms with Crippen molar-refractivity contribution in [2.75, 3.05) is 37.6 Å². The second-order valence-electron chi connectivity index (χ2n) is 8.81. The van der Waals surface area contributed by atoms with Crippen LogP contribution in [0.25, 0.3) is 0 Å². The van der Waals surface area contributed by atoms with Gasteiger partial charge in [-0.1, -0.05) is 61.0 Å². The van der Waals surface area contributed by atoms with Crippen LogP contribution in [0, 0.1) is 6.92 Å². The number of anilines is 1. The van der Waals surface area contributed by atoms with Gasteiger partial charge in [0.1, 0.15) is 11.6 Å². The van der Waals surface area contributed by atoms with Gasteiger partial charge in [-0.2, -0.15) is 0 Å². The second kappa shape index (κ2) is 11.1. The first-order valence-corrected chi connectivity index (χ1v) is 12.2. The first-order valence-electron chi connectivity index (χ1n) is 11.8. The van der Waals surface area contributed by atoms with Crippen molar-refractivity contribution in [1.29, 1.82) is 0 Å². The average molecular weight is 465 g/mol. The van der Waals surface area contributed by atoms with Gasteiger partial charge in [0.2, 0.25) is 0 Å². The quantitative estimate of drug-likeness (QED) is 0.538. The van der Waals surface area contributed by atoms with Crippen LogP contribution < -0.4 is 4.90 Å². The lowest BCUT2D eigenvalue weighted by Gasteiger charge is -2.37. The normalized spacial score (nSPS) is 15.6. The SMILES string of the molecule is CCc1nc(C)nc(N2CCN(CC(O)Cc3ccccc3)CC2)c1Cc1ccc(Cl)cc1. The molecular formula is C27H33ClN4O. The number of hydrogen-bond acceptors (Lipinski definition) is 5. The first kappa shape index (κ1) is 23.7. The van der Waals surface area contributed by atoms with Crippen LogP contribution in [0.2, 0.25) is 5.02 Å². The van der Waals surface area contributed by atoms with Crippen molar-refractivity contribution in [3.05, 3.63) is 87.8 Å². The van der Waals surface area contributed by atoms with Crippen LogP contribution in [-0.2, 0) is 19.3 Å². The van der Waals surface area contributed by atoms with Gasteiger partial charge in [0.25, 0.3) is 0 Å². The molecule has 1 fully saturated rings. The van der Waals surface area contributed by atoms with Crippen LogP contribution >= 0.6 is 11.6 Å². The van der Waals surface area contributed by atoms with Gasteiger partial charge in [-0.05, 0) is 43.0 Å². The summed E-state index contributed by atoms with van der Waals surface area (Å²) in [4.78, 5) is 14.4. The van der Waals surface area contributed by atoms with Crippen LogP contribution in [0.3, 0.4) is 0 Å². The van der Waals surface area contributed by atoms with Crippen LogP contribution in [0.1, 0.15) is 35.1 Å². The molecule has 5 nitrogen and oxygen atoms in total. The van der Waals surface area contributed by atoms with Gasteiger partial charge in [-0.15, -0.1) is 0 Å². The smallest absolute Gasteiger partial charge is 0.136 e. The van der Waals surface area contributed by atoms with Gasteiger partial charge in [0.05, 0.1) is 6.10 Å². The number of β-amino-alcohol motifs (C(OH)–C–C–N with tert-alkyl or cyclic N) is 1. The lowest BCUT2D eigenvalue weighted by atomic mass is 10.0. The number of halogens is 1. The highest BCUT2D eigenvalue weighted by molar-refractivity contribution is 6.30. The molecule has 3 aromatic rings. The highest BCUT2D eigenvalue weighted by Gasteiger charge is 2.24. The lowest BCUT2D eigenvalue weighted by Crippen LogP contribution is -2.49.